The molecule has 1 rings (SSSR count). The molecule has 0 saturated heterocycles. The van der Waals surface area contributed by atoms with Crippen LogP contribution in [0.25, 0.3) is 0 Å². The highest BCUT2D eigenvalue weighted by atomic mass is 16.1. The zero-order valence-electron chi connectivity index (χ0n) is 6.72. The molecule has 1 aromatic rings. The van der Waals surface area contributed by atoms with E-state index in [4.69, 9.17) is 0 Å². The fourth-order valence-electron chi connectivity index (χ4n) is 0.840. The summed E-state index contributed by atoms with van der Waals surface area (Å²) >= 11 is 0. The summed E-state index contributed by atoms with van der Waals surface area (Å²) in [5, 5.41) is 2.69. The van der Waals surface area contributed by atoms with Gasteiger partial charge in [0.2, 0.25) is 5.91 Å². The molecular formula is C9H11NO. The Hall–Kier alpha value is -1.31. The van der Waals surface area contributed by atoms with Gasteiger partial charge in [0.1, 0.15) is 0 Å². The molecule has 0 spiro atoms. The van der Waals surface area contributed by atoms with Gasteiger partial charge in [-0.15, -0.1) is 0 Å². The van der Waals surface area contributed by atoms with Gasteiger partial charge in [-0.3, -0.25) is 4.79 Å². The Morgan fingerprint density at radius 3 is 2.27 bits per heavy atom. The molecule has 1 amide bonds. The highest BCUT2D eigenvalue weighted by Crippen LogP contribution is 2.07. The Kier molecular flexibility index (Phi) is 2.26. The number of hydrogen-bond donors (Lipinski definition) is 1. The van der Waals surface area contributed by atoms with Crippen LogP contribution in [0.2, 0.25) is 0 Å². The van der Waals surface area contributed by atoms with Gasteiger partial charge < -0.3 is 5.32 Å². The molecule has 0 unspecified atom stereocenters. The minimum absolute atomic E-state index is 0.0335. The predicted octanol–water partition coefficient (Wildman–Crippen LogP) is 1.95. The fraction of sp³-hybridized carbons (Fsp3) is 0.222. The molecule has 0 aliphatic rings. The van der Waals surface area contributed by atoms with Crippen molar-refractivity contribution in [1.29, 1.82) is 0 Å². The fourth-order valence-corrected chi connectivity index (χ4v) is 0.840. The molecule has 0 bridgehead atoms. The van der Waals surface area contributed by atoms with Crippen molar-refractivity contribution in [1.82, 2.24) is 0 Å². The number of anilines is 1. The predicted molar refractivity (Wildman–Crippen MR) is 45.5 cm³/mol. The van der Waals surface area contributed by atoms with Crippen molar-refractivity contribution in [2.45, 2.75) is 13.8 Å². The standard InChI is InChI=1S/C9H11NO/c1-7-3-5-9(6-4-7)10-8(2)11/h3-6H,1-2H3,(H,10,11)/i1-1. The van der Waals surface area contributed by atoms with E-state index in [0.717, 1.165) is 5.69 Å². The average Bonchev–Trinajstić information content (AvgIpc) is 1.93. The Balaban J connectivity index is 2.74. The van der Waals surface area contributed by atoms with Crippen molar-refractivity contribution in [3.8, 4) is 0 Å². The van der Waals surface area contributed by atoms with Gasteiger partial charge in [0.25, 0.3) is 0 Å². The first-order valence-corrected chi connectivity index (χ1v) is 3.53. The Bertz CT molecular complexity index is 251. The van der Waals surface area contributed by atoms with Gasteiger partial charge in [0.05, 0.1) is 0 Å². The van der Waals surface area contributed by atoms with Crippen molar-refractivity contribution in [2.75, 3.05) is 5.32 Å². The topological polar surface area (TPSA) is 29.1 Å². The summed E-state index contributed by atoms with van der Waals surface area (Å²) in [5.74, 6) is -0.0335. The summed E-state index contributed by atoms with van der Waals surface area (Å²) in [6.07, 6.45) is 0. The number of carbonyl (C=O) groups excluding carboxylic acids is 1. The second-order valence-electron chi connectivity index (χ2n) is 2.55. The summed E-state index contributed by atoms with van der Waals surface area (Å²) in [5.41, 5.74) is 2.04. The molecule has 0 radical (unpaired) electrons. The molecule has 0 aromatic heterocycles. The number of benzene rings is 1. The molecule has 1 aromatic carbocycles. The molecule has 0 aliphatic heterocycles. The van der Waals surface area contributed by atoms with E-state index in [9.17, 15) is 4.79 Å². The van der Waals surface area contributed by atoms with Crippen molar-refractivity contribution in [2.24, 2.45) is 0 Å². The van der Waals surface area contributed by atoms with Crippen LogP contribution in [-0.4, -0.2) is 5.91 Å². The van der Waals surface area contributed by atoms with Crippen LogP contribution in [0.15, 0.2) is 24.3 Å². The van der Waals surface area contributed by atoms with Crippen LogP contribution in [0, 0.1) is 6.92 Å². The number of aryl methyl sites for hydroxylation is 1. The van der Waals surface area contributed by atoms with E-state index in [1.807, 2.05) is 31.2 Å². The number of nitrogens with one attached hydrogen (secondary N) is 1. The lowest BCUT2D eigenvalue weighted by Crippen LogP contribution is -2.05. The third-order valence-electron chi connectivity index (χ3n) is 1.37. The summed E-state index contributed by atoms with van der Waals surface area (Å²) in [6.45, 7) is 3.51. The number of hydrogen-bond acceptors (Lipinski definition) is 1. The van der Waals surface area contributed by atoms with Gasteiger partial charge in [-0.1, -0.05) is 17.7 Å². The van der Waals surface area contributed by atoms with Crippen LogP contribution in [0.1, 0.15) is 12.5 Å². The van der Waals surface area contributed by atoms with Crippen molar-refractivity contribution in [3.05, 3.63) is 29.8 Å². The molecule has 0 atom stereocenters. The molecule has 0 saturated carbocycles. The molecule has 0 fully saturated rings. The van der Waals surface area contributed by atoms with Crippen LogP contribution in [0.5, 0.6) is 0 Å². The highest BCUT2D eigenvalue weighted by molar-refractivity contribution is 5.88. The molecule has 2 nitrogen and oxygen atoms in total. The van der Waals surface area contributed by atoms with Crippen LogP contribution in [0.3, 0.4) is 0 Å². The van der Waals surface area contributed by atoms with E-state index >= 15 is 0 Å². The summed E-state index contributed by atoms with van der Waals surface area (Å²) in [7, 11) is 0. The third-order valence-corrected chi connectivity index (χ3v) is 1.37. The first-order chi connectivity index (χ1) is 5.18. The van der Waals surface area contributed by atoms with Gasteiger partial charge in [0.15, 0.2) is 0 Å². The van der Waals surface area contributed by atoms with Crippen molar-refractivity contribution >= 4 is 11.6 Å². The van der Waals surface area contributed by atoms with Gasteiger partial charge in [-0.25, -0.2) is 0 Å². The molecule has 0 heterocycles. The zero-order chi connectivity index (χ0) is 8.27. The van der Waals surface area contributed by atoms with Crippen molar-refractivity contribution in [3.63, 3.8) is 0 Å². The first kappa shape index (κ1) is 7.79. The zero-order valence-corrected chi connectivity index (χ0v) is 6.72. The van der Waals surface area contributed by atoms with Gasteiger partial charge in [-0.05, 0) is 19.1 Å². The van der Waals surface area contributed by atoms with Gasteiger partial charge >= 0.3 is 0 Å². The van der Waals surface area contributed by atoms with Crippen LogP contribution in [0.4, 0.5) is 5.69 Å². The molecule has 58 valence electrons. The normalized spacial score (nSPS) is 9.27. The van der Waals surface area contributed by atoms with E-state index in [1.54, 1.807) is 0 Å². The lowest BCUT2D eigenvalue weighted by atomic mass is 10.0. The maximum atomic E-state index is 10.6. The largest absolute Gasteiger partial charge is 0.326 e. The molecule has 1 N–H and O–H groups in total. The van der Waals surface area contributed by atoms with E-state index in [2.05, 4.69) is 5.32 Å². The summed E-state index contributed by atoms with van der Waals surface area (Å²) in [6, 6.07) is 7.70. The van der Waals surface area contributed by atoms with E-state index < -0.39 is 0 Å². The maximum absolute atomic E-state index is 10.6. The Morgan fingerprint density at radius 2 is 1.82 bits per heavy atom. The second-order valence-corrected chi connectivity index (χ2v) is 2.55. The highest BCUT2D eigenvalue weighted by Gasteiger charge is 1.92. The molecule has 2 heteroatoms. The lowest BCUT2D eigenvalue weighted by molar-refractivity contribution is -0.114. The van der Waals surface area contributed by atoms with Gasteiger partial charge in [-0.2, -0.15) is 0 Å². The van der Waals surface area contributed by atoms with Crippen LogP contribution < -0.4 is 5.32 Å². The van der Waals surface area contributed by atoms with Crippen LogP contribution >= 0.6 is 0 Å². The minimum Gasteiger partial charge on any atom is -0.326 e. The third kappa shape index (κ3) is 2.42. The van der Waals surface area contributed by atoms with Crippen LogP contribution in [-0.2, 0) is 4.79 Å². The quantitative estimate of drug-likeness (QED) is 0.648. The lowest BCUT2D eigenvalue weighted by Gasteiger charge is -2.00. The monoisotopic (exact) mass is 148 g/mol. The Labute approximate surface area is 66.2 Å². The number of carbonyl (C=O) groups is 1. The number of amides is 1. The summed E-state index contributed by atoms with van der Waals surface area (Å²) in [4.78, 5) is 10.6. The van der Waals surface area contributed by atoms with E-state index in [-0.39, 0.29) is 5.91 Å². The summed E-state index contributed by atoms with van der Waals surface area (Å²) < 4.78 is 0. The van der Waals surface area contributed by atoms with Gasteiger partial charge in [0, 0.05) is 12.6 Å². The molecule has 11 heavy (non-hydrogen) atoms. The smallest absolute Gasteiger partial charge is 0.221 e. The Morgan fingerprint density at radius 1 is 1.27 bits per heavy atom. The average molecular weight is 148 g/mol. The number of rotatable bonds is 1. The SMILES string of the molecule is CC(=O)Nc1ccc([11CH3])cc1. The molecular weight excluding hydrogens is 137 g/mol. The van der Waals surface area contributed by atoms with E-state index in [0.29, 0.717) is 0 Å². The van der Waals surface area contributed by atoms with E-state index in [1.165, 1.54) is 12.5 Å². The first-order valence-electron chi connectivity index (χ1n) is 3.53. The maximum Gasteiger partial charge on any atom is 0.221 e. The molecule has 0 aliphatic carbocycles. The van der Waals surface area contributed by atoms with Crippen molar-refractivity contribution < 1.29 is 4.79 Å². The minimum atomic E-state index is -0.0335. The second kappa shape index (κ2) is 3.19.